The first-order valence-electron chi connectivity index (χ1n) is 10.8. The number of nitrogens with one attached hydrogen (secondary N) is 1. The van der Waals surface area contributed by atoms with Crippen molar-refractivity contribution in [3.8, 4) is 5.75 Å². The molecular weight excluding hydrogens is 378 g/mol. The maximum Gasteiger partial charge on any atom is 0.252 e. The summed E-state index contributed by atoms with van der Waals surface area (Å²) >= 11 is 0. The summed E-state index contributed by atoms with van der Waals surface area (Å²) in [6.45, 7) is 3.89. The lowest BCUT2D eigenvalue weighted by atomic mass is 9.77. The molecule has 30 heavy (non-hydrogen) atoms. The fourth-order valence-corrected chi connectivity index (χ4v) is 4.92. The third kappa shape index (κ3) is 3.53. The smallest absolute Gasteiger partial charge is 0.252 e. The Kier molecular flexibility index (Phi) is 4.68. The van der Waals surface area contributed by atoms with E-state index in [9.17, 15) is 4.79 Å². The van der Waals surface area contributed by atoms with Gasteiger partial charge in [-0.25, -0.2) is 9.50 Å². The minimum absolute atomic E-state index is 0.0558. The normalized spacial score (nSPS) is 20.0. The van der Waals surface area contributed by atoms with Gasteiger partial charge in [-0.1, -0.05) is 24.6 Å². The van der Waals surface area contributed by atoms with Crippen molar-refractivity contribution in [2.24, 2.45) is 0 Å². The predicted molar refractivity (Wildman–Crippen MR) is 112 cm³/mol. The van der Waals surface area contributed by atoms with Crippen molar-refractivity contribution in [3.63, 3.8) is 0 Å². The highest BCUT2D eigenvalue weighted by Gasteiger charge is 2.42. The van der Waals surface area contributed by atoms with Crippen molar-refractivity contribution in [1.29, 1.82) is 0 Å². The first kappa shape index (κ1) is 19.0. The van der Waals surface area contributed by atoms with Gasteiger partial charge in [0.2, 0.25) is 5.91 Å². The van der Waals surface area contributed by atoms with Gasteiger partial charge in [-0.3, -0.25) is 4.79 Å². The molecule has 156 valence electrons. The summed E-state index contributed by atoms with van der Waals surface area (Å²) in [5.41, 5.74) is 2.73. The van der Waals surface area contributed by atoms with Crippen LogP contribution in [0.2, 0.25) is 0 Å². The van der Waals surface area contributed by atoms with Crippen LogP contribution in [0.4, 0.5) is 0 Å². The van der Waals surface area contributed by atoms with E-state index in [0.29, 0.717) is 11.6 Å². The fourth-order valence-electron chi connectivity index (χ4n) is 4.92. The molecule has 1 unspecified atom stereocenters. The molecule has 2 aliphatic rings. The van der Waals surface area contributed by atoms with Gasteiger partial charge >= 0.3 is 0 Å². The molecule has 1 N–H and O–H groups in total. The van der Waals surface area contributed by atoms with E-state index in [4.69, 9.17) is 4.74 Å². The Balaban J connectivity index is 1.36. The molecule has 1 fully saturated rings. The Morgan fingerprint density at radius 3 is 2.83 bits per heavy atom. The lowest BCUT2D eigenvalue weighted by molar-refractivity contribution is -0.122. The van der Waals surface area contributed by atoms with E-state index in [1.807, 2.05) is 38.1 Å². The summed E-state index contributed by atoms with van der Waals surface area (Å²) in [4.78, 5) is 21.8. The number of ether oxygens (including phenoxy) is 1. The number of amides is 1. The molecule has 0 saturated heterocycles. The van der Waals surface area contributed by atoms with E-state index in [1.54, 1.807) is 4.52 Å². The Morgan fingerprint density at radius 1 is 1.20 bits per heavy atom. The van der Waals surface area contributed by atoms with Crippen LogP contribution < -0.4 is 10.1 Å². The fraction of sp³-hybridized carbons (Fsp3) is 0.478. The number of hydrogen-bond acceptors (Lipinski definition) is 5. The maximum atomic E-state index is 12.9. The third-order valence-corrected chi connectivity index (χ3v) is 6.28. The largest absolute Gasteiger partial charge is 0.487 e. The quantitative estimate of drug-likeness (QED) is 0.720. The van der Waals surface area contributed by atoms with E-state index in [2.05, 4.69) is 26.4 Å². The number of para-hydroxylation sites is 1. The number of carbonyl (C=O) groups is 1. The second-order valence-electron chi connectivity index (χ2n) is 8.66. The molecule has 0 radical (unpaired) electrons. The highest BCUT2D eigenvalue weighted by molar-refractivity contribution is 5.78. The van der Waals surface area contributed by atoms with Gasteiger partial charge in [0.15, 0.2) is 5.82 Å². The van der Waals surface area contributed by atoms with Gasteiger partial charge in [0.25, 0.3) is 5.78 Å². The summed E-state index contributed by atoms with van der Waals surface area (Å²) in [5.74, 6) is 1.85. The molecule has 2 aromatic heterocycles. The topological polar surface area (TPSA) is 81.4 Å². The van der Waals surface area contributed by atoms with Crippen LogP contribution in [0, 0.1) is 13.8 Å². The highest BCUT2D eigenvalue weighted by atomic mass is 16.5. The molecule has 0 bridgehead atoms. The number of rotatable bonds is 3. The van der Waals surface area contributed by atoms with E-state index < -0.39 is 0 Å². The number of hydrogen-bond donors (Lipinski definition) is 1. The Labute approximate surface area is 175 Å². The van der Waals surface area contributed by atoms with Crippen LogP contribution >= 0.6 is 0 Å². The van der Waals surface area contributed by atoms with Crippen LogP contribution in [0.1, 0.15) is 67.3 Å². The molecule has 3 heterocycles. The Hall–Kier alpha value is -2.96. The molecule has 1 aliphatic carbocycles. The van der Waals surface area contributed by atoms with Crippen molar-refractivity contribution in [2.75, 3.05) is 0 Å². The van der Waals surface area contributed by atoms with Gasteiger partial charge in [0.1, 0.15) is 11.4 Å². The third-order valence-electron chi connectivity index (χ3n) is 6.28. The van der Waals surface area contributed by atoms with Gasteiger partial charge in [-0.05, 0) is 51.7 Å². The zero-order valence-electron chi connectivity index (χ0n) is 17.5. The molecule has 7 heteroatoms. The maximum absolute atomic E-state index is 12.9. The van der Waals surface area contributed by atoms with Crippen LogP contribution in [0.25, 0.3) is 5.78 Å². The number of fused-ring (bicyclic) bond motifs is 2. The first-order chi connectivity index (χ1) is 14.5. The van der Waals surface area contributed by atoms with Crippen molar-refractivity contribution in [2.45, 2.75) is 70.4 Å². The molecule has 3 aromatic rings. The van der Waals surface area contributed by atoms with E-state index >= 15 is 0 Å². The summed E-state index contributed by atoms with van der Waals surface area (Å²) in [7, 11) is 0. The van der Waals surface area contributed by atoms with Crippen molar-refractivity contribution in [1.82, 2.24) is 24.9 Å². The average Bonchev–Trinajstić information content (AvgIpc) is 3.11. The lowest BCUT2D eigenvalue weighted by Gasteiger charge is -2.44. The van der Waals surface area contributed by atoms with Gasteiger partial charge in [-0.15, -0.1) is 5.10 Å². The number of aromatic nitrogens is 4. The minimum atomic E-state index is -0.162. The predicted octanol–water partition coefficient (Wildman–Crippen LogP) is 3.63. The average molecular weight is 406 g/mol. The second-order valence-corrected chi connectivity index (χ2v) is 8.66. The molecule has 1 atom stereocenters. The number of aryl methyl sites for hydroxylation is 2. The molecule has 5 rings (SSSR count). The first-order valence-corrected chi connectivity index (χ1v) is 10.8. The summed E-state index contributed by atoms with van der Waals surface area (Å²) in [6.07, 6.45) is 6.66. The molecule has 1 saturated carbocycles. The van der Waals surface area contributed by atoms with E-state index in [1.165, 1.54) is 19.3 Å². The van der Waals surface area contributed by atoms with Crippen LogP contribution in [-0.2, 0) is 11.2 Å². The monoisotopic (exact) mass is 405 g/mol. The van der Waals surface area contributed by atoms with Gasteiger partial charge in [-0.2, -0.15) is 4.98 Å². The van der Waals surface area contributed by atoms with Crippen molar-refractivity contribution < 1.29 is 9.53 Å². The van der Waals surface area contributed by atoms with Gasteiger partial charge in [0, 0.05) is 23.4 Å². The molecule has 1 amide bonds. The minimum Gasteiger partial charge on any atom is -0.487 e. The Bertz CT molecular complexity index is 1100. The number of nitrogens with zero attached hydrogens (tertiary/aromatic N) is 4. The van der Waals surface area contributed by atoms with E-state index in [0.717, 1.165) is 42.0 Å². The van der Waals surface area contributed by atoms with E-state index in [-0.39, 0.29) is 24.0 Å². The molecule has 1 aliphatic heterocycles. The van der Waals surface area contributed by atoms with Crippen molar-refractivity contribution >= 4 is 11.7 Å². The van der Waals surface area contributed by atoms with Crippen LogP contribution in [0.5, 0.6) is 5.75 Å². The molecule has 7 nitrogen and oxygen atoms in total. The molecular formula is C23H27N5O2. The summed E-state index contributed by atoms with van der Waals surface area (Å²) < 4.78 is 8.16. The standard InChI is InChI=1S/C23H27N5O2/c1-15-12-16(2)28-22(24-15)26-20(27-28)13-21(29)25-18-14-23(10-6-3-7-11-23)30-19-9-5-4-8-17(18)19/h4-5,8-9,12,18H,3,6-7,10-11,13-14H2,1-2H3,(H,25,29). The highest BCUT2D eigenvalue weighted by Crippen LogP contribution is 2.46. The van der Waals surface area contributed by atoms with Crippen LogP contribution in [0.3, 0.4) is 0 Å². The SMILES string of the molecule is Cc1cc(C)n2nc(CC(=O)NC3CC4(CCCCC4)Oc4ccccc43)nc2n1. The van der Waals surface area contributed by atoms with Crippen LogP contribution in [0.15, 0.2) is 30.3 Å². The Morgan fingerprint density at radius 2 is 2.00 bits per heavy atom. The van der Waals surface area contributed by atoms with Crippen molar-refractivity contribution in [3.05, 3.63) is 53.1 Å². The number of benzene rings is 1. The second kappa shape index (κ2) is 7.38. The molecule has 1 spiro atoms. The van der Waals surface area contributed by atoms with Gasteiger partial charge < -0.3 is 10.1 Å². The summed E-state index contributed by atoms with van der Waals surface area (Å²) in [6, 6.07) is 9.96. The van der Waals surface area contributed by atoms with Gasteiger partial charge in [0.05, 0.1) is 12.5 Å². The molecule has 1 aromatic carbocycles. The summed E-state index contributed by atoms with van der Waals surface area (Å²) in [5, 5.41) is 7.71. The number of carbonyl (C=O) groups excluding carboxylic acids is 1. The zero-order chi connectivity index (χ0) is 20.7. The zero-order valence-corrected chi connectivity index (χ0v) is 17.5. The lowest BCUT2D eigenvalue weighted by Crippen LogP contribution is -2.46. The van der Waals surface area contributed by atoms with Crippen LogP contribution in [-0.4, -0.2) is 31.1 Å².